The Hall–Kier alpha value is -2.37. The van der Waals surface area contributed by atoms with Crippen molar-refractivity contribution in [2.75, 3.05) is 13.2 Å². The predicted octanol–water partition coefficient (Wildman–Crippen LogP) is 3.78. The average molecular weight is 395 g/mol. The first-order chi connectivity index (χ1) is 14.0. The Kier molecular flexibility index (Phi) is 5.61. The minimum atomic E-state index is -0.841. The summed E-state index contributed by atoms with van der Waals surface area (Å²) in [6.07, 6.45) is 1.28. The predicted molar refractivity (Wildman–Crippen MR) is 111 cm³/mol. The van der Waals surface area contributed by atoms with E-state index in [1.54, 1.807) is 4.90 Å². The monoisotopic (exact) mass is 395 g/mol. The third-order valence-electron chi connectivity index (χ3n) is 6.20. The number of hydrogen-bond acceptors (Lipinski definition) is 4. The van der Waals surface area contributed by atoms with E-state index in [2.05, 4.69) is 26.0 Å². The topological polar surface area (TPSA) is 59.0 Å². The molecule has 0 spiro atoms. The maximum Gasteiger partial charge on any atom is 0.410 e. The van der Waals surface area contributed by atoms with Crippen LogP contribution in [-0.4, -0.2) is 47.0 Å². The third kappa shape index (κ3) is 4.31. The van der Waals surface area contributed by atoms with E-state index in [0.717, 1.165) is 5.56 Å². The number of nitrogens with zero attached hydrogens (tertiary/aromatic N) is 1. The van der Waals surface area contributed by atoms with Gasteiger partial charge in [0.1, 0.15) is 6.61 Å². The lowest BCUT2D eigenvalue weighted by molar-refractivity contribution is -0.133. The normalized spacial score (nSPS) is 26.2. The number of rotatable bonds is 4. The second-order valence-electron chi connectivity index (χ2n) is 8.47. The number of piperidine rings is 1. The van der Waals surface area contributed by atoms with Crippen LogP contribution in [0.3, 0.4) is 0 Å². The van der Waals surface area contributed by atoms with Crippen LogP contribution in [0.5, 0.6) is 0 Å². The molecule has 5 heteroatoms. The summed E-state index contributed by atoms with van der Waals surface area (Å²) < 4.78 is 11.3. The van der Waals surface area contributed by atoms with Crippen LogP contribution < -0.4 is 0 Å². The number of benzene rings is 2. The molecule has 154 valence electrons. The number of morpholine rings is 1. The van der Waals surface area contributed by atoms with Crippen molar-refractivity contribution in [3.8, 4) is 0 Å². The highest BCUT2D eigenvalue weighted by Gasteiger charge is 2.48. The zero-order chi connectivity index (χ0) is 20.4. The number of hydrogen-bond donors (Lipinski definition) is 1. The highest BCUT2D eigenvalue weighted by molar-refractivity contribution is 5.69. The quantitative estimate of drug-likeness (QED) is 0.856. The zero-order valence-electron chi connectivity index (χ0n) is 17.1. The molecule has 5 nitrogen and oxygen atoms in total. The highest BCUT2D eigenvalue weighted by atomic mass is 16.6. The molecule has 2 heterocycles. The van der Waals surface area contributed by atoms with E-state index in [1.165, 1.54) is 16.7 Å². The number of ether oxygens (including phenoxy) is 2. The van der Waals surface area contributed by atoms with E-state index < -0.39 is 5.60 Å². The number of carbonyl (C=O) groups excluding carboxylic acids is 1. The summed E-state index contributed by atoms with van der Waals surface area (Å²) in [6.45, 7) is 5.30. The van der Waals surface area contributed by atoms with Crippen LogP contribution in [-0.2, 0) is 22.5 Å². The van der Waals surface area contributed by atoms with Crippen molar-refractivity contribution in [1.29, 1.82) is 0 Å². The minimum Gasteiger partial charge on any atom is -0.445 e. The van der Waals surface area contributed by atoms with Gasteiger partial charge in [0.25, 0.3) is 0 Å². The molecule has 4 rings (SSSR count). The third-order valence-corrected chi connectivity index (χ3v) is 6.20. The zero-order valence-corrected chi connectivity index (χ0v) is 17.1. The van der Waals surface area contributed by atoms with Gasteiger partial charge in [-0.25, -0.2) is 4.79 Å². The van der Waals surface area contributed by atoms with Gasteiger partial charge in [0.15, 0.2) is 0 Å². The molecule has 2 bridgehead atoms. The van der Waals surface area contributed by atoms with Crippen molar-refractivity contribution in [3.63, 3.8) is 0 Å². The van der Waals surface area contributed by atoms with Gasteiger partial charge in [0.05, 0.1) is 30.9 Å². The summed E-state index contributed by atoms with van der Waals surface area (Å²) in [5.74, 6) is 0. The molecule has 2 aromatic carbocycles. The molecule has 1 amide bonds. The number of amides is 1. The van der Waals surface area contributed by atoms with Gasteiger partial charge in [-0.2, -0.15) is 0 Å². The molecule has 2 saturated heterocycles. The van der Waals surface area contributed by atoms with E-state index >= 15 is 0 Å². The molecule has 2 aromatic rings. The fourth-order valence-electron chi connectivity index (χ4n) is 4.77. The van der Waals surface area contributed by atoms with Crippen molar-refractivity contribution >= 4 is 6.09 Å². The summed E-state index contributed by atoms with van der Waals surface area (Å²) in [5, 5.41) is 11.5. The van der Waals surface area contributed by atoms with Crippen LogP contribution in [0.25, 0.3) is 0 Å². The second-order valence-corrected chi connectivity index (χ2v) is 8.47. The Morgan fingerprint density at radius 3 is 2.31 bits per heavy atom. The van der Waals surface area contributed by atoms with Crippen LogP contribution in [0.2, 0.25) is 0 Å². The first kappa shape index (κ1) is 19.9. The van der Waals surface area contributed by atoms with Crippen molar-refractivity contribution in [2.45, 2.75) is 57.4 Å². The van der Waals surface area contributed by atoms with Gasteiger partial charge in [-0.1, -0.05) is 48.5 Å². The Balaban J connectivity index is 1.46. The van der Waals surface area contributed by atoms with Crippen molar-refractivity contribution in [3.05, 3.63) is 70.8 Å². The average Bonchev–Trinajstić information content (AvgIpc) is 2.69. The molecule has 1 N–H and O–H groups in total. The van der Waals surface area contributed by atoms with Crippen molar-refractivity contribution in [2.24, 2.45) is 0 Å². The Morgan fingerprint density at radius 2 is 1.69 bits per heavy atom. The van der Waals surface area contributed by atoms with Gasteiger partial charge in [-0.05, 0) is 48.9 Å². The number of fused-ring (bicyclic) bond motifs is 2. The van der Waals surface area contributed by atoms with E-state index in [0.29, 0.717) is 32.5 Å². The molecule has 0 aromatic heterocycles. The number of aryl methyl sites for hydroxylation is 2. The standard InChI is InChI=1S/C24H29NO4/c1-17-7-6-8-18(2)22(17)13-24(27)11-20-15-28-16-21(12-24)25(20)23(26)29-14-19-9-4-3-5-10-19/h3-10,20-21,27H,11-16H2,1-2H3. The van der Waals surface area contributed by atoms with Gasteiger partial charge < -0.3 is 14.6 Å². The SMILES string of the molecule is Cc1cccc(C)c1CC1(O)CC2COCC(C1)N2C(=O)OCc1ccccc1. The van der Waals surface area contributed by atoms with Crippen LogP contribution in [0.4, 0.5) is 4.79 Å². The lowest BCUT2D eigenvalue weighted by Gasteiger charge is -2.51. The summed E-state index contributed by atoms with van der Waals surface area (Å²) >= 11 is 0. The maximum absolute atomic E-state index is 12.8. The van der Waals surface area contributed by atoms with E-state index in [-0.39, 0.29) is 24.8 Å². The molecular weight excluding hydrogens is 366 g/mol. The molecule has 2 fully saturated rings. The second kappa shape index (κ2) is 8.17. The van der Waals surface area contributed by atoms with E-state index in [9.17, 15) is 9.90 Å². The van der Waals surface area contributed by atoms with Crippen LogP contribution in [0.15, 0.2) is 48.5 Å². The molecular formula is C24H29NO4. The molecule has 2 aliphatic heterocycles. The van der Waals surface area contributed by atoms with Gasteiger partial charge in [-0.3, -0.25) is 4.90 Å². The van der Waals surface area contributed by atoms with Gasteiger partial charge >= 0.3 is 6.09 Å². The molecule has 0 saturated carbocycles. The molecule has 29 heavy (non-hydrogen) atoms. The lowest BCUT2D eigenvalue weighted by Crippen LogP contribution is -2.64. The first-order valence-electron chi connectivity index (χ1n) is 10.3. The molecule has 2 unspecified atom stereocenters. The van der Waals surface area contributed by atoms with E-state index in [1.807, 2.05) is 36.4 Å². The summed E-state index contributed by atoms with van der Waals surface area (Å²) in [6, 6.07) is 15.6. The van der Waals surface area contributed by atoms with Crippen LogP contribution in [0.1, 0.15) is 35.1 Å². The Labute approximate surface area is 172 Å². The van der Waals surface area contributed by atoms with Gasteiger partial charge in [0, 0.05) is 6.42 Å². The molecule has 0 radical (unpaired) electrons. The molecule has 2 atom stereocenters. The smallest absolute Gasteiger partial charge is 0.410 e. The van der Waals surface area contributed by atoms with Crippen LogP contribution >= 0.6 is 0 Å². The molecule has 0 aliphatic carbocycles. The number of carbonyl (C=O) groups is 1. The largest absolute Gasteiger partial charge is 0.445 e. The van der Waals surface area contributed by atoms with Crippen molar-refractivity contribution < 1.29 is 19.4 Å². The summed E-state index contributed by atoms with van der Waals surface area (Å²) in [5.41, 5.74) is 3.72. The maximum atomic E-state index is 12.8. The molecule has 2 aliphatic rings. The highest BCUT2D eigenvalue weighted by Crippen LogP contribution is 2.38. The Morgan fingerprint density at radius 1 is 1.07 bits per heavy atom. The van der Waals surface area contributed by atoms with Gasteiger partial charge in [0.2, 0.25) is 0 Å². The van der Waals surface area contributed by atoms with Gasteiger partial charge in [-0.15, -0.1) is 0 Å². The minimum absolute atomic E-state index is 0.167. The summed E-state index contributed by atoms with van der Waals surface area (Å²) in [7, 11) is 0. The van der Waals surface area contributed by atoms with Crippen LogP contribution in [0, 0.1) is 13.8 Å². The Bertz CT molecular complexity index is 832. The first-order valence-corrected chi connectivity index (χ1v) is 10.3. The van der Waals surface area contributed by atoms with E-state index in [4.69, 9.17) is 9.47 Å². The number of aliphatic hydroxyl groups is 1. The lowest BCUT2D eigenvalue weighted by atomic mass is 9.76. The van der Waals surface area contributed by atoms with Crippen molar-refractivity contribution in [1.82, 2.24) is 4.90 Å². The fourth-order valence-corrected chi connectivity index (χ4v) is 4.77. The summed E-state index contributed by atoms with van der Waals surface area (Å²) in [4.78, 5) is 14.6. The fraction of sp³-hybridized carbons (Fsp3) is 0.458.